The molecule has 0 aromatic rings. The minimum Gasteiger partial charge on any atom is -0.390 e. The van der Waals surface area contributed by atoms with Crippen molar-refractivity contribution in [3.8, 4) is 0 Å². The summed E-state index contributed by atoms with van der Waals surface area (Å²) in [5.74, 6) is 0.483. The average Bonchev–Trinajstić information content (AvgIpc) is 1.64. The Morgan fingerprint density at radius 3 is 1.56 bits per heavy atom. The van der Waals surface area contributed by atoms with Crippen LogP contribution in [0, 0.1) is 5.41 Å². The summed E-state index contributed by atoms with van der Waals surface area (Å²) < 4.78 is 0. The highest BCUT2D eigenvalue weighted by molar-refractivity contribution is 6.18. The van der Waals surface area contributed by atoms with E-state index in [1.807, 2.05) is 13.8 Å². The van der Waals surface area contributed by atoms with Crippen molar-refractivity contribution in [1.82, 2.24) is 0 Å². The molecule has 0 unspecified atom stereocenters. The number of rotatable bonds is 2. The molecule has 1 nitrogen and oxygen atoms in total. The van der Waals surface area contributed by atoms with E-state index < -0.39 is 5.60 Å². The van der Waals surface area contributed by atoms with E-state index in [-0.39, 0.29) is 5.41 Å². The van der Waals surface area contributed by atoms with Crippen molar-refractivity contribution in [2.24, 2.45) is 5.41 Å². The predicted molar refractivity (Wildman–Crippen MR) is 40.8 cm³/mol. The first kappa shape index (κ1) is 9.25. The Kier molecular flexibility index (Phi) is 2.54. The highest BCUT2D eigenvalue weighted by Crippen LogP contribution is 2.30. The van der Waals surface area contributed by atoms with Gasteiger partial charge in [-0.05, 0) is 13.8 Å². The van der Waals surface area contributed by atoms with E-state index in [1.165, 1.54) is 0 Å². The van der Waals surface area contributed by atoms with Crippen molar-refractivity contribution in [2.45, 2.75) is 33.3 Å². The van der Waals surface area contributed by atoms with Crippen molar-refractivity contribution in [3.63, 3.8) is 0 Å². The fourth-order valence-corrected chi connectivity index (χ4v) is 0.491. The Balaban J connectivity index is 4.14. The van der Waals surface area contributed by atoms with E-state index in [2.05, 4.69) is 0 Å². The van der Waals surface area contributed by atoms with Gasteiger partial charge in [0.1, 0.15) is 0 Å². The molecule has 0 aromatic carbocycles. The standard InChI is InChI=1S/C7H15ClO/c1-6(2,5-8)7(3,4)9/h9H,5H2,1-4H3. The zero-order valence-electron chi connectivity index (χ0n) is 6.53. The van der Waals surface area contributed by atoms with Crippen LogP contribution in [0.4, 0.5) is 0 Å². The molecule has 1 N–H and O–H groups in total. The van der Waals surface area contributed by atoms with Crippen molar-refractivity contribution < 1.29 is 5.11 Å². The molecule has 0 rings (SSSR count). The molecule has 0 saturated heterocycles. The van der Waals surface area contributed by atoms with Gasteiger partial charge in [-0.25, -0.2) is 0 Å². The number of aliphatic hydroxyl groups is 1. The molecule has 0 aliphatic carbocycles. The molecule has 56 valence electrons. The first-order chi connectivity index (χ1) is 3.81. The Morgan fingerprint density at radius 1 is 1.22 bits per heavy atom. The van der Waals surface area contributed by atoms with Gasteiger partial charge in [0.05, 0.1) is 5.60 Å². The predicted octanol–water partition coefficient (Wildman–Crippen LogP) is 2.02. The van der Waals surface area contributed by atoms with Gasteiger partial charge in [0.25, 0.3) is 0 Å². The highest BCUT2D eigenvalue weighted by Gasteiger charge is 2.33. The second kappa shape index (κ2) is 2.47. The highest BCUT2D eigenvalue weighted by atomic mass is 35.5. The van der Waals surface area contributed by atoms with Crippen molar-refractivity contribution in [3.05, 3.63) is 0 Å². The fourth-order valence-electron chi connectivity index (χ4n) is 0.164. The van der Waals surface area contributed by atoms with E-state index >= 15 is 0 Å². The third-order valence-corrected chi connectivity index (χ3v) is 2.66. The maximum absolute atomic E-state index is 9.46. The monoisotopic (exact) mass is 150 g/mol. The van der Waals surface area contributed by atoms with E-state index in [9.17, 15) is 5.11 Å². The van der Waals surface area contributed by atoms with Gasteiger partial charge >= 0.3 is 0 Å². The third-order valence-electron chi connectivity index (χ3n) is 1.99. The van der Waals surface area contributed by atoms with Crippen molar-refractivity contribution in [2.75, 3.05) is 5.88 Å². The molecule has 0 saturated carbocycles. The van der Waals surface area contributed by atoms with Crippen LogP contribution >= 0.6 is 11.6 Å². The number of hydrogen-bond acceptors (Lipinski definition) is 1. The van der Waals surface area contributed by atoms with Gasteiger partial charge in [-0.15, -0.1) is 11.6 Å². The molecule has 0 radical (unpaired) electrons. The van der Waals surface area contributed by atoms with E-state index in [4.69, 9.17) is 11.6 Å². The summed E-state index contributed by atoms with van der Waals surface area (Å²) in [5.41, 5.74) is -0.886. The maximum atomic E-state index is 9.46. The SMILES string of the molecule is CC(C)(O)C(C)(C)CCl. The summed E-state index contributed by atoms with van der Waals surface area (Å²) in [6.07, 6.45) is 0. The molecule has 0 bridgehead atoms. The van der Waals surface area contributed by atoms with Crippen LogP contribution in [0.3, 0.4) is 0 Å². The van der Waals surface area contributed by atoms with E-state index in [1.54, 1.807) is 13.8 Å². The summed E-state index contributed by atoms with van der Waals surface area (Å²) in [6, 6.07) is 0. The number of alkyl halides is 1. The van der Waals surface area contributed by atoms with Crippen LogP contribution in [0.15, 0.2) is 0 Å². The van der Waals surface area contributed by atoms with Crippen LogP contribution in [0.25, 0.3) is 0 Å². The quantitative estimate of drug-likeness (QED) is 0.598. The molecule has 2 heteroatoms. The molecule has 0 spiro atoms. The summed E-state index contributed by atoms with van der Waals surface area (Å²) in [7, 11) is 0. The third kappa shape index (κ3) is 2.15. The summed E-state index contributed by atoms with van der Waals surface area (Å²) >= 11 is 5.62. The average molecular weight is 151 g/mol. The second-order valence-corrected chi connectivity index (χ2v) is 3.84. The Morgan fingerprint density at radius 2 is 1.56 bits per heavy atom. The van der Waals surface area contributed by atoms with Crippen LogP contribution in [0.1, 0.15) is 27.7 Å². The molecule has 0 atom stereocenters. The molecule has 0 amide bonds. The molecule has 0 heterocycles. The van der Waals surface area contributed by atoms with Gasteiger partial charge in [0.15, 0.2) is 0 Å². The number of halogens is 1. The first-order valence-electron chi connectivity index (χ1n) is 3.09. The van der Waals surface area contributed by atoms with Crippen LogP contribution in [-0.2, 0) is 0 Å². The smallest absolute Gasteiger partial charge is 0.0653 e. The first-order valence-corrected chi connectivity index (χ1v) is 3.63. The lowest BCUT2D eigenvalue weighted by Crippen LogP contribution is -2.40. The van der Waals surface area contributed by atoms with Crippen molar-refractivity contribution >= 4 is 11.6 Å². The van der Waals surface area contributed by atoms with E-state index in [0.29, 0.717) is 5.88 Å². The number of hydrogen-bond donors (Lipinski definition) is 1. The molecule has 0 fully saturated rings. The van der Waals surface area contributed by atoms with Crippen LogP contribution < -0.4 is 0 Å². The van der Waals surface area contributed by atoms with Crippen molar-refractivity contribution in [1.29, 1.82) is 0 Å². The lowest BCUT2D eigenvalue weighted by Gasteiger charge is -2.35. The lowest BCUT2D eigenvalue weighted by molar-refractivity contribution is -0.0217. The van der Waals surface area contributed by atoms with Gasteiger partial charge in [0, 0.05) is 11.3 Å². The molecule has 0 aliphatic heterocycles. The second-order valence-electron chi connectivity index (χ2n) is 3.58. The molecule has 0 aliphatic rings. The van der Waals surface area contributed by atoms with Gasteiger partial charge in [-0.2, -0.15) is 0 Å². The Bertz CT molecular complexity index is 91.6. The van der Waals surface area contributed by atoms with Crippen LogP contribution in [0.2, 0.25) is 0 Å². The largest absolute Gasteiger partial charge is 0.390 e. The van der Waals surface area contributed by atoms with Gasteiger partial charge in [0.2, 0.25) is 0 Å². The molecular formula is C7H15ClO. The van der Waals surface area contributed by atoms with Gasteiger partial charge < -0.3 is 5.11 Å². The molecule has 0 aromatic heterocycles. The zero-order valence-corrected chi connectivity index (χ0v) is 7.29. The van der Waals surface area contributed by atoms with Crippen LogP contribution in [-0.4, -0.2) is 16.6 Å². The zero-order chi connectivity index (χ0) is 7.71. The minimum absolute atomic E-state index is 0.200. The Labute approximate surface area is 62.0 Å². The van der Waals surface area contributed by atoms with E-state index in [0.717, 1.165) is 0 Å². The molecular weight excluding hydrogens is 136 g/mol. The minimum atomic E-state index is -0.686. The van der Waals surface area contributed by atoms with Crippen LogP contribution in [0.5, 0.6) is 0 Å². The maximum Gasteiger partial charge on any atom is 0.0653 e. The summed E-state index contributed by atoms with van der Waals surface area (Å²) in [4.78, 5) is 0. The summed E-state index contributed by atoms with van der Waals surface area (Å²) in [5, 5.41) is 9.46. The normalized spacial score (nSPS) is 14.0. The summed E-state index contributed by atoms with van der Waals surface area (Å²) in [6.45, 7) is 7.44. The fraction of sp³-hybridized carbons (Fsp3) is 1.00. The van der Waals surface area contributed by atoms with Gasteiger partial charge in [-0.1, -0.05) is 13.8 Å². The lowest BCUT2D eigenvalue weighted by atomic mass is 9.79. The topological polar surface area (TPSA) is 20.2 Å². The van der Waals surface area contributed by atoms with Gasteiger partial charge in [-0.3, -0.25) is 0 Å². The Hall–Kier alpha value is 0.250. The molecule has 9 heavy (non-hydrogen) atoms.